The number of aromatic nitrogens is 2. The van der Waals surface area contributed by atoms with Gasteiger partial charge in [-0.05, 0) is 45.5 Å². The lowest BCUT2D eigenvalue weighted by Gasteiger charge is -2.42. The lowest BCUT2D eigenvalue weighted by molar-refractivity contribution is 0.103. The van der Waals surface area contributed by atoms with Crippen LogP contribution in [0.1, 0.15) is 38.2 Å². The molecule has 0 unspecified atom stereocenters. The Kier molecular flexibility index (Phi) is 7.52. The van der Waals surface area contributed by atoms with Gasteiger partial charge in [0.15, 0.2) is 11.6 Å². The summed E-state index contributed by atoms with van der Waals surface area (Å²) in [6.45, 7) is 0. The third-order valence-electron chi connectivity index (χ3n) is 10.00. The van der Waals surface area contributed by atoms with Gasteiger partial charge in [0.25, 0.3) is 0 Å². The van der Waals surface area contributed by atoms with E-state index in [0.717, 1.165) is 67.0 Å². The summed E-state index contributed by atoms with van der Waals surface area (Å²) in [5.74, 6) is 0.709. The number of hydrogen-bond donors (Lipinski definition) is 0. The summed E-state index contributed by atoms with van der Waals surface area (Å²) in [5.41, 5.74) is 11.6. The van der Waals surface area contributed by atoms with Crippen molar-refractivity contribution in [3.63, 3.8) is 0 Å². The number of benzene rings is 7. The first kappa shape index (κ1) is 30.4. The highest BCUT2D eigenvalue weighted by Gasteiger charge is 2.46. The van der Waals surface area contributed by atoms with Crippen LogP contribution in [0.2, 0.25) is 0 Å². The first-order valence-corrected chi connectivity index (χ1v) is 17.2. The molecule has 8 aromatic rings. The highest BCUT2D eigenvalue weighted by molar-refractivity contribution is 6.14. The summed E-state index contributed by atoms with van der Waals surface area (Å²) in [6, 6.07) is 66.4. The summed E-state index contributed by atoms with van der Waals surface area (Å²) >= 11 is 0. The molecule has 9 rings (SSSR count). The molecule has 1 heterocycles. The second kappa shape index (κ2) is 12.6. The number of carbonyl (C=O) groups is 1. The van der Waals surface area contributed by atoms with Gasteiger partial charge < -0.3 is 0 Å². The molecule has 0 aliphatic heterocycles. The lowest BCUT2D eigenvalue weighted by atomic mass is 9.59. The second-order valence-corrected chi connectivity index (χ2v) is 12.9. The summed E-state index contributed by atoms with van der Waals surface area (Å²) in [4.78, 5) is 24.5. The van der Waals surface area contributed by atoms with E-state index in [4.69, 9.17) is 9.97 Å². The average Bonchev–Trinajstić information content (AvgIpc) is 3.22. The molecule has 240 valence electrons. The molecule has 0 atom stereocenters. The largest absolute Gasteiger partial charge is 0.289 e. The number of hydrogen-bond acceptors (Lipinski definition) is 3. The van der Waals surface area contributed by atoms with E-state index in [1.807, 2.05) is 84.9 Å². The normalized spacial score (nSPS) is 12.9. The Balaban J connectivity index is 1.30. The van der Waals surface area contributed by atoms with Crippen LogP contribution in [-0.2, 0) is 5.41 Å². The Hall–Kier alpha value is -6.71. The average molecular weight is 653 g/mol. The van der Waals surface area contributed by atoms with E-state index in [0.29, 0.717) is 11.4 Å². The van der Waals surface area contributed by atoms with E-state index in [9.17, 15) is 4.79 Å². The van der Waals surface area contributed by atoms with Crippen molar-refractivity contribution in [3.05, 3.63) is 228 Å². The minimum atomic E-state index is -0.719. The third kappa shape index (κ3) is 5.10. The van der Waals surface area contributed by atoms with Crippen molar-refractivity contribution in [1.82, 2.24) is 9.97 Å². The van der Waals surface area contributed by atoms with E-state index >= 15 is 0 Å². The van der Waals surface area contributed by atoms with Gasteiger partial charge in [0.1, 0.15) is 0 Å². The fraction of sp³-hybridized carbons (Fsp3) is 0.0208. The van der Waals surface area contributed by atoms with Crippen molar-refractivity contribution in [2.75, 3.05) is 0 Å². The van der Waals surface area contributed by atoms with Crippen LogP contribution < -0.4 is 0 Å². The van der Waals surface area contributed by atoms with Crippen LogP contribution in [0, 0.1) is 0 Å². The van der Waals surface area contributed by atoms with Gasteiger partial charge in [0.05, 0.1) is 16.8 Å². The maximum Gasteiger partial charge on any atom is 0.193 e. The molecule has 0 saturated heterocycles. The van der Waals surface area contributed by atoms with Crippen LogP contribution in [0.3, 0.4) is 0 Å². The Morgan fingerprint density at radius 2 is 0.843 bits per heavy atom. The van der Waals surface area contributed by atoms with Crippen molar-refractivity contribution in [2.24, 2.45) is 0 Å². The maximum atomic E-state index is 14.3. The van der Waals surface area contributed by atoms with E-state index in [-0.39, 0.29) is 5.78 Å². The summed E-state index contributed by atoms with van der Waals surface area (Å²) < 4.78 is 0. The molecular formula is C48H32N2O. The van der Waals surface area contributed by atoms with Crippen molar-refractivity contribution >= 4 is 5.78 Å². The molecule has 1 aliphatic carbocycles. The minimum absolute atomic E-state index is 0.0405. The van der Waals surface area contributed by atoms with Gasteiger partial charge >= 0.3 is 0 Å². The zero-order valence-corrected chi connectivity index (χ0v) is 27.8. The second-order valence-electron chi connectivity index (χ2n) is 12.9. The monoisotopic (exact) mass is 652 g/mol. The SMILES string of the molecule is O=C1c2ccccc2C(c2ccccc2)(c2ccccc2)c2cc(-c3ccccc3-c3cc(-c4ccccc4)nc(-c4ccccc4)n3)ccc21. The van der Waals surface area contributed by atoms with E-state index in [1.165, 1.54) is 0 Å². The van der Waals surface area contributed by atoms with Gasteiger partial charge in [-0.3, -0.25) is 4.79 Å². The van der Waals surface area contributed by atoms with Crippen LogP contribution in [0.4, 0.5) is 0 Å². The molecule has 0 N–H and O–H groups in total. The Labute approximate surface area is 297 Å². The van der Waals surface area contributed by atoms with Gasteiger partial charge in [-0.2, -0.15) is 0 Å². The molecule has 0 fully saturated rings. The number of nitrogens with zero attached hydrogens (tertiary/aromatic N) is 2. The van der Waals surface area contributed by atoms with Crippen molar-refractivity contribution < 1.29 is 4.79 Å². The molecule has 3 heteroatoms. The number of fused-ring (bicyclic) bond motifs is 2. The fourth-order valence-electron chi connectivity index (χ4n) is 7.70. The molecule has 3 nitrogen and oxygen atoms in total. The Morgan fingerprint density at radius 3 is 1.49 bits per heavy atom. The summed E-state index contributed by atoms with van der Waals surface area (Å²) in [7, 11) is 0. The quantitative estimate of drug-likeness (QED) is 0.180. The highest BCUT2D eigenvalue weighted by Crippen LogP contribution is 2.51. The maximum absolute atomic E-state index is 14.3. The Morgan fingerprint density at radius 1 is 0.353 bits per heavy atom. The number of rotatable bonds is 6. The zero-order chi connectivity index (χ0) is 34.2. The molecule has 1 aromatic heterocycles. The van der Waals surface area contributed by atoms with Crippen molar-refractivity contribution in [1.29, 1.82) is 0 Å². The molecule has 51 heavy (non-hydrogen) atoms. The number of carbonyl (C=O) groups excluding carboxylic acids is 1. The third-order valence-corrected chi connectivity index (χ3v) is 10.00. The molecule has 0 spiro atoms. The number of ketones is 1. The van der Waals surface area contributed by atoms with Crippen LogP contribution in [-0.4, -0.2) is 15.8 Å². The highest BCUT2D eigenvalue weighted by atomic mass is 16.1. The van der Waals surface area contributed by atoms with Crippen LogP contribution in [0.5, 0.6) is 0 Å². The first-order chi connectivity index (χ1) is 25.2. The topological polar surface area (TPSA) is 42.9 Å². The minimum Gasteiger partial charge on any atom is -0.289 e. The standard InChI is InChI=1S/C48H32N2O/c51-46-40-27-15-16-28-42(40)48(36-21-9-3-10-22-36,37-23-11-4-12-24-37)43-31-35(29-30-41(43)46)38-25-13-14-26-39(38)45-32-44(33-17-5-1-6-18-33)49-47(50-45)34-19-7-2-8-20-34/h1-32H. The molecule has 0 saturated carbocycles. The predicted molar refractivity (Wildman–Crippen MR) is 206 cm³/mol. The van der Waals surface area contributed by atoms with Crippen molar-refractivity contribution in [3.8, 4) is 45.0 Å². The molecule has 1 aliphatic rings. The van der Waals surface area contributed by atoms with Crippen LogP contribution in [0.15, 0.2) is 194 Å². The fourth-order valence-corrected chi connectivity index (χ4v) is 7.70. The first-order valence-electron chi connectivity index (χ1n) is 17.2. The van der Waals surface area contributed by atoms with Gasteiger partial charge in [0.2, 0.25) is 0 Å². The van der Waals surface area contributed by atoms with Crippen LogP contribution >= 0.6 is 0 Å². The van der Waals surface area contributed by atoms with Crippen LogP contribution in [0.25, 0.3) is 45.0 Å². The molecular weight excluding hydrogens is 621 g/mol. The smallest absolute Gasteiger partial charge is 0.193 e. The molecule has 7 aromatic carbocycles. The predicted octanol–water partition coefficient (Wildman–Crippen LogP) is 11.1. The summed E-state index contributed by atoms with van der Waals surface area (Å²) in [6.07, 6.45) is 0. The van der Waals surface area contributed by atoms with Gasteiger partial charge in [-0.15, -0.1) is 0 Å². The van der Waals surface area contributed by atoms with Crippen molar-refractivity contribution in [2.45, 2.75) is 5.41 Å². The molecule has 0 bridgehead atoms. The van der Waals surface area contributed by atoms with Gasteiger partial charge in [-0.25, -0.2) is 9.97 Å². The Bertz CT molecular complexity index is 2430. The molecule has 0 radical (unpaired) electrons. The lowest BCUT2D eigenvalue weighted by Crippen LogP contribution is -2.38. The van der Waals surface area contributed by atoms with E-state index in [2.05, 4.69) is 109 Å². The summed E-state index contributed by atoms with van der Waals surface area (Å²) in [5, 5.41) is 0. The zero-order valence-electron chi connectivity index (χ0n) is 27.8. The van der Waals surface area contributed by atoms with Gasteiger partial charge in [0, 0.05) is 27.8 Å². The van der Waals surface area contributed by atoms with E-state index < -0.39 is 5.41 Å². The van der Waals surface area contributed by atoms with Gasteiger partial charge in [-0.1, -0.05) is 182 Å². The van der Waals surface area contributed by atoms with E-state index in [1.54, 1.807) is 0 Å². The molecule has 0 amide bonds.